The molecule has 0 radical (unpaired) electrons. The van der Waals surface area contributed by atoms with E-state index in [0.29, 0.717) is 5.56 Å². The van der Waals surface area contributed by atoms with E-state index in [9.17, 15) is 4.79 Å². The standard InChI is InChI=1S/C10H10N4O2/c1-14-5-6(4-12-14)7-2-3-8(10(15)16)13-9(7)11/h2-5H,1H3,(H2,11,13)(H,15,16). The monoisotopic (exact) mass is 218 g/mol. The van der Waals surface area contributed by atoms with E-state index in [1.54, 1.807) is 30.2 Å². The summed E-state index contributed by atoms with van der Waals surface area (Å²) < 4.78 is 1.64. The molecule has 0 bridgehead atoms. The predicted octanol–water partition coefficient (Wildman–Crippen LogP) is 0.762. The Morgan fingerprint density at radius 2 is 2.25 bits per heavy atom. The molecule has 2 rings (SSSR count). The maximum absolute atomic E-state index is 10.7. The fraction of sp³-hybridized carbons (Fsp3) is 0.100. The second kappa shape index (κ2) is 3.65. The summed E-state index contributed by atoms with van der Waals surface area (Å²) >= 11 is 0. The van der Waals surface area contributed by atoms with Crippen molar-refractivity contribution < 1.29 is 9.90 Å². The molecule has 0 fully saturated rings. The molecule has 6 heteroatoms. The first-order chi connectivity index (χ1) is 7.58. The maximum atomic E-state index is 10.7. The summed E-state index contributed by atoms with van der Waals surface area (Å²) in [6, 6.07) is 3.05. The first-order valence-electron chi connectivity index (χ1n) is 4.57. The average molecular weight is 218 g/mol. The molecule has 0 saturated heterocycles. The highest BCUT2D eigenvalue weighted by atomic mass is 16.4. The Kier molecular flexibility index (Phi) is 2.32. The molecule has 0 saturated carbocycles. The van der Waals surface area contributed by atoms with Crippen LogP contribution in [0.2, 0.25) is 0 Å². The Labute approximate surface area is 91.3 Å². The Bertz CT molecular complexity index is 548. The molecule has 0 aliphatic rings. The minimum absolute atomic E-state index is 0.0647. The van der Waals surface area contributed by atoms with E-state index in [-0.39, 0.29) is 11.5 Å². The van der Waals surface area contributed by atoms with Crippen LogP contribution in [0.25, 0.3) is 11.1 Å². The first-order valence-corrected chi connectivity index (χ1v) is 4.57. The van der Waals surface area contributed by atoms with E-state index in [0.717, 1.165) is 5.56 Å². The van der Waals surface area contributed by atoms with Gasteiger partial charge in [-0.05, 0) is 12.1 Å². The van der Waals surface area contributed by atoms with Gasteiger partial charge in [-0.25, -0.2) is 9.78 Å². The number of pyridine rings is 1. The molecule has 6 nitrogen and oxygen atoms in total. The lowest BCUT2D eigenvalue weighted by Crippen LogP contribution is -2.03. The summed E-state index contributed by atoms with van der Waals surface area (Å²) in [7, 11) is 1.79. The SMILES string of the molecule is Cn1cc(-c2ccc(C(=O)O)nc2N)cn1. The molecule has 0 aliphatic heterocycles. The number of rotatable bonds is 2. The van der Waals surface area contributed by atoms with Crippen LogP contribution >= 0.6 is 0 Å². The number of carboxylic acid groups (broad SMARTS) is 1. The van der Waals surface area contributed by atoms with Gasteiger partial charge in [0.25, 0.3) is 0 Å². The number of aromatic nitrogens is 3. The van der Waals surface area contributed by atoms with Crippen molar-refractivity contribution in [2.45, 2.75) is 0 Å². The fourth-order valence-electron chi connectivity index (χ4n) is 1.40. The Morgan fingerprint density at radius 3 is 2.75 bits per heavy atom. The highest BCUT2D eigenvalue weighted by Crippen LogP contribution is 2.23. The lowest BCUT2D eigenvalue weighted by atomic mass is 10.1. The smallest absolute Gasteiger partial charge is 0.354 e. The normalized spacial score (nSPS) is 10.3. The van der Waals surface area contributed by atoms with E-state index in [4.69, 9.17) is 10.8 Å². The largest absolute Gasteiger partial charge is 0.477 e. The predicted molar refractivity (Wildman–Crippen MR) is 57.8 cm³/mol. The molecule has 0 unspecified atom stereocenters. The van der Waals surface area contributed by atoms with Crippen molar-refractivity contribution in [3.05, 3.63) is 30.2 Å². The Hall–Kier alpha value is -2.37. The van der Waals surface area contributed by atoms with Gasteiger partial charge in [-0.3, -0.25) is 4.68 Å². The van der Waals surface area contributed by atoms with Gasteiger partial charge in [0.15, 0.2) is 5.69 Å². The van der Waals surface area contributed by atoms with Crippen molar-refractivity contribution in [1.82, 2.24) is 14.8 Å². The van der Waals surface area contributed by atoms with Gasteiger partial charge in [0.1, 0.15) is 5.82 Å². The number of hydrogen-bond acceptors (Lipinski definition) is 4. The van der Waals surface area contributed by atoms with Crippen molar-refractivity contribution in [2.24, 2.45) is 7.05 Å². The molecule has 3 N–H and O–H groups in total. The summed E-state index contributed by atoms with van der Waals surface area (Å²) in [5.74, 6) is -0.905. The Balaban J connectivity index is 2.47. The third-order valence-corrected chi connectivity index (χ3v) is 2.16. The van der Waals surface area contributed by atoms with Crippen molar-refractivity contribution in [3.63, 3.8) is 0 Å². The fourth-order valence-corrected chi connectivity index (χ4v) is 1.40. The van der Waals surface area contributed by atoms with Crippen molar-refractivity contribution in [2.75, 3.05) is 5.73 Å². The van der Waals surface area contributed by atoms with Gasteiger partial charge in [-0.15, -0.1) is 0 Å². The van der Waals surface area contributed by atoms with Crippen LogP contribution in [0.4, 0.5) is 5.82 Å². The molecular weight excluding hydrogens is 208 g/mol. The van der Waals surface area contributed by atoms with Crippen LogP contribution in [0.15, 0.2) is 24.5 Å². The molecule has 0 aromatic carbocycles. The quantitative estimate of drug-likeness (QED) is 0.776. The summed E-state index contributed by atoms with van der Waals surface area (Å²) in [6.07, 6.45) is 3.43. The number of hydrogen-bond donors (Lipinski definition) is 2. The van der Waals surface area contributed by atoms with Gasteiger partial charge < -0.3 is 10.8 Å². The summed E-state index contributed by atoms with van der Waals surface area (Å²) in [5.41, 5.74) is 7.11. The van der Waals surface area contributed by atoms with Crippen LogP contribution < -0.4 is 5.73 Å². The van der Waals surface area contributed by atoms with E-state index < -0.39 is 5.97 Å². The number of anilines is 1. The van der Waals surface area contributed by atoms with E-state index in [2.05, 4.69) is 10.1 Å². The second-order valence-electron chi connectivity index (χ2n) is 3.34. The number of carbonyl (C=O) groups is 1. The third kappa shape index (κ3) is 1.72. The molecule has 0 atom stereocenters. The number of aromatic carboxylic acids is 1. The molecule has 82 valence electrons. The molecule has 0 aliphatic carbocycles. The van der Waals surface area contributed by atoms with Crippen LogP contribution in [0.5, 0.6) is 0 Å². The van der Waals surface area contributed by atoms with Crippen molar-refractivity contribution >= 4 is 11.8 Å². The topological polar surface area (TPSA) is 94.0 Å². The van der Waals surface area contributed by atoms with Crippen LogP contribution in [0, 0.1) is 0 Å². The first kappa shape index (κ1) is 10.2. The van der Waals surface area contributed by atoms with E-state index in [1.807, 2.05) is 0 Å². The van der Waals surface area contributed by atoms with E-state index in [1.165, 1.54) is 6.07 Å². The van der Waals surface area contributed by atoms with Gasteiger partial charge in [-0.2, -0.15) is 5.10 Å². The zero-order chi connectivity index (χ0) is 11.7. The highest BCUT2D eigenvalue weighted by Gasteiger charge is 2.10. The van der Waals surface area contributed by atoms with Crippen LogP contribution in [0.1, 0.15) is 10.5 Å². The maximum Gasteiger partial charge on any atom is 0.354 e. The van der Waals surface area contributed by atoms with Crippen molar-refractivity contribution in [3.8, 4) is 11.1 Å². The summed E-state index contributed by atoms with van der Waals surface area (Å²) in [6.45, 7) is 0. The molecular formula is C10H10N4O2. The van der Waals surface area contributed by atoms with Gasteiger partial charge >= 0.3 is 5.97 Å². The van der Waals surface area contributed by atoms with Gasteiger partial charge in [-0.1, -0.05) is 0 Å². The molecule has 0 amide bonds. The average Bonchev–Trinajstić information content (AvgIpc) is 2.64. The minimum Gasteiger partial charge on any atom is -0.477 e. The molecule has 2 aromatic heterocycles. The number of aryl methyl sites for hydroxylation is 1. The molecule has 0 spiro atoms. The van der Waals surface area contributed by atoms with E-state index >= 15 is 0 Å². The Morgan fingerprint density at radius 1 is 1.50 bits per heavy atom. The van der Waals surface area contributed by atoms with Gasteiger partial charge in [0, 0.05) is 24.4 Å². The number of nitrogen functional groups attached to an aromatic ring is 1. The highest BCUT2D eigenvalue weighted by molar-refractivity contribution is 5.87. The number of carboxylic acids is 1. The van der Waals surface area contributed by atoms with Gasteiger partial charge in [0.05, 0.1) is 6.20 Å². The molecule has 2 aromatic rings. The zero-order valence-corrected chi connectivity index (χ0v) is 8.58. The molecule has 2 heterocycles. The zero-order valence-electron chi connectivity index (χ0n) is 8.58. The van der Waals surface area contributed by atoms with Crippen LogP contribution in [-0.2, 0) is 7.05 Å². The third-order valence-electron chi connectivity index (χ3n) is 2.16. The summed E-state index contributed by atoms with van der Waals surface area (Å²) in [4.78, 5) is 14.5. The van der Waals surface area contributed by atoms with Crippen LogP contribution in [0.3, 0.4) is 0 Å². The minimum atomic E-state index is -1.09. The lowest BCUT2D eigenvalue weighted by molar-refractivity contribution is 0.0690. The van der Waals surface area contributed by atoms with Crippen molar-refractivity contribution in [1.29, 1.82) is 0 Å². The number of nitrogens with two attached hydrogens (primary N) is 1. The second-order valence-corrected chi connectivity index (χ2v) is 3.34. The lowest BCUT2D eigenvalue weighted by Gasteiger charge is -2.02. The van der Waals surface area contributed by atoms with Gasteiger partial charge in [0.2, 0.25) is 0 Å². The summed E-state index contributed by atoms with van der Waals surface area (Å²) in [5, 5.41) is 12.7. The molecule has 16 heavy (non-hydrogen) atoms. The number of nitrogens with zero attached hydrogens (tertiary/aromatic N) is 3. The van der Waals surface area contributed by atoms with Crippen LogP contribution in [-0.4, -0.2) is 25.8 Å².